The summed E-state index contributed by atoms with van der Waals surface area (Å²) in [4.78, 5) is 11.8. The number of carbonyl (C=O) groups excluding carboxylic acids is 1. The minimum Gasteiger partial charge on any atom is -0.384 e. The molecule has 1 fully saturated rings. The molecule has 4 heteroatoms. The van der Waals surface area contributed by atoms with Crippen LogP contribution >= 0.6 is 0 Å². The molecule has 0 bridgehead atoms. The summed E-state index contributed by atoms with van der Waals surface area (Å²) >= 11 is 0. The molecule has 1 aliphatic carbocycles. The zero-order valence-corrected chi connectivity index (χ0v) is 11.5. The lowest BCUT2D eigenvalue weighted by atomic mass is 10.1. The largest absolute Gasteiger partial charge is 0.384 e. The lowest BCUT2D eigenvalue weighted by Gasteiger charge is -2.13. The van der Waals surface area contributed by atoms with Crippen LogP contribution < -0.4 is 10.6 Å². The van der Waals surface area contributed by atoms with Gasteiger partial charge in [-0.15, -0.1) is 0 Å². The summed E-state index contributed by atoms with van der Waals surface area (Å²) in [7, 11) is 0. The summed E-state index contributed by atoms with van der Waals surface area (Å²) in [5.41, 5.74) is 1.79. The van der Waals surface area contributed by atoms with Gasteiger partial charge >= 0.3 is 6.03 Å². The van der Waals surface area contributed by atoms with Gasteiger partial charge in [0, 0.05) is 18.2 Å². The van der Waals surface area contributed by atoms with E-state index in [4.69, 9.17) is 5.11 Å². The maximum absolute atomic E-state index is 11.8. The van der Waals surface area contributed by atoms with Crippen molar-refractivity contribution in [1.82, 2.24) is 10.6 Å². The third-order valence-electron chi connectivity index (χ3n) is 3.45. The van der Waals surface area contributed by atoms with E-state index in [0.717, 1.165) is 24.0 Å². The number of hydrogen-bond acceptors (Lipinski definition) is 2. The lowest BCUT2D eigenvalue weighted by Crippen LogP contribution is -2.40. The molecule has 0 aromatic heterocycles. The Kier molecular flexibility index (Phi) is 5.45. The van der Waals surface area contributed by atoms with Crippen molar-refractivity contribution in [3.05, 3.63) is 35.4 Å². The summed E-state index contributed by atoms with van der Waals surface area (Å²) in [6.07, 6.45) is 4.55. The van der Waals surface area contributed by atoms with E-state index in [0.29, 0.717) is 12.6 Å². The molecular weight excluding hydrogens is 252 g/mol. The first-order valence-corrected chi connectivity index (χ1v) is 7.01. The van der Waals surface area contributed by atoms with Gasteiger partial charge in [0.1, 0.15) is 6.61 Å². The number of rotatable bonds is 3. The van der Waals surface area contributed by atoms with Crippen LogP contribution in [0.4, 0.5) is 4.79 Å². The molecule has 1 aromatic carbocycles. The fourth-order valence-corrected chi connectivity index (χ4v) is 2.41. The summed E-state index contributed by atoms with van der Waals surface area (Å²) in [5.74, 6) is 5.52. The minimum absolute atomic E-state index is 0.123. The SMILES string of the molecule is O=C(NCc1ccccc1C#CCO)NC1CCCC1. The van der Waals surface area contributed by atoms with E-state index in [9.17, 15) is 4.79 Å². The fraction of sp³-hybridized carbons (Fsp3) is 0.438. The van der Waals surface area contributed by atoms with Crippen LogP contribution in [0.3, 0.4) is 0 Å². The Morgan fingerprint density at radius 1 is 1.30 bits per heavy atom. The topological polar surface area (TPSA) is 61.4 Å². The predicted molar refractivity (Wildman–Crippen MR) is 78.0 cm³/mol. The average Bonchev–Trinajstić information content (AvgIpc) is 2.96. The highest BCUT2D eigenvalue weighted by Crippen LogP contribution is 2.17. The maximum atomic E-state index is 11.8. The van der Waals surface area contributed by atoms with Crippen LogP contribution in [0.2, 0.25) is 0 Å². The summed E-state index contributed by atoms with van der Waals surface area (Å²) in [6, 6.07) is 7.81. The van der Waals surface area contributed by atoms with Gasteiger partial charge in [0.05, 0.1) is 0 Å². The van der Waals surface area contributed by atoms with Crippen molar-refractivity contribution in [2.75, 3.05) is 6.61 Å². The third-order valence-corrected chi connectivity index (χ3v) is 3.45. The number of benzene rings is 1. The van der Waals surface area contributed by atoms with Gasteiger partial charge in [-0.1, -0.05) is 42.9 Å². The van der Waals surface area contributed by atoms with Crippen LogP contribution in [0.25, 0.3) is 0 Å². The molecule has 3 N–H and O–H groups in total. The number of amides is 2. The highest BCUT2D eigenvalue weighted by Gasteiger charge is 2.16. The Balaban J connectivity index is 1.88. The monoisotopic (exact) mass is 272 g/mol. The first kappa shape index (κ1) is 14.4. The zero-order chi connectivity index (χ0) is 14.2. The molecule has 20 heavy (non-hydrogen) atoms. The van der Waals surface area contributed by atoms with Gasteiger partial charge in [0.25, 0.3) is 0 Å². The normalized spacial score (nSPS) is 14.4. The first-order valence-electron chi connectivity index (χ1n) is 7.01. The highest BCUT2D eigenvalue weighted by molar-refractivity contribution is 5.74. The Morgan fingerprint density at radius 2 is 2.05 bits per heavy atom. The second kappa shape index (κ2) is 7.56. The molecule has 2 amide bonds. The number of nitrogens with one attached hydrogen (secondary N) is 2. The third kappa shape index (κ3) is 4.29. The molecule has 1 saturated carbocycles. The Labute approximate surface area is 119 Å². The van der Waals surface area contributed by atoms with Crippen molar-refractivity contribution < 1.29 is 9.90 Å². The maximum Gasteiger partial charge on any atom is 0.315 e. The van der Waals surface area contributed by atoms with Gasteiger partial charge in [-0.3, -0.25) is 0 Å². The molecule has 0 radical (unpaired) electrons. The van der Waals surface area contributed by atoms with E-state index in [1.807, 2.05) is 24.3 Å². The lowest BCUT2D eigenvalue weighted by molar-refractivity contribution is 0.236. The van der Waals surface area contributed by atoms with Gasteiger partial charge in [-0.2, -0.15) is 0 Å². The quantitative estimate of drug-likeness (QED) is 0.734. The molecule has 1 aromatic rings. The fourth-order valence-electron chi connectivity index (χ4n) is 2.41. The van der Waals surface area contributed by atoms with Gasteiger partial charge in [0.2, 0.25) is 0 Å². The molecule has 0 atom stereocenters. The molecule has 106 valence electrons. The molecule has 1 aliphatic rings. The van der Waals surface area contributed by atoms with Crippen molar-refractivity contribution in [2.24, 2.45) is 0 Å². The van der Waals surface area contributed by atoms with Crippen LogP contribution in [0.5, 0.6) is 0 Å². The van der Waals surface area contributed by atoms with E-state index < -0.39 is 0 Å². The van der Waals surface area contributed by atoms with Crippen LogP contribution in [0, 0.1) is 11.8 Å². The van der Waals surface area contributed by atoms with E-state index in [2.05, 4.69) is 22.5 Å². The number of aliphatic hydroxyl groups is 1. The van der Waals surface area contributed by atoms with Crippen LogP contribution in [0.1, 0.15) is 36.8 Å². The standard InChI is InChI=1S/C16H20N2O2/c19-11-5-8-13-6-1-2-7-14(13)12-17-16(20)18-15-9-3-4-10-15/h1-2,6-7,15,19H,3-4,9-12H2,(H2,17,18,20). The summed E-state index contributed by atoms with van der Waals surface area (Å²) < 4.78 is 0. The van der Waals surface area contributed by atoms with Crippen LogP contribution in [-0.4, -0.2) is 23.8 Å². The zero-order valence-electron chi connectivity index (χ0n) is 11.5. The second-order valence-electron chi connectivity index (χ2n) is 4.93. The Morgan fingerprint density at radius 3 is 2.80 bits per heavy atom. The molecule has 0 saturated heterocycles. The van der Waals surface area contributed by atoms with Gasteiger partial charge in [0.15, 0.2) is 0 Å². The summed E-state index contributed by atoms with van der Waals surface area (Å²) in [6.45, 7) is 0.277. The second-order valence-corrected chi connectivity index (χ2v) is 4.93. The Hall–Kier alpha value is -1.99. The molecule has 0 spiro atoms. The summed E-state index contributed by atoms with van der Waals surface area (Å²) in [5, 5.41) is 14.6. The van der Waals surface area contributed by atoms with E-state index in [1.165, 1.54) is 12.8 Å². The van der Waals surface area contributed by atoms with Crippen molar-refractivity contribution in [2.45, 2.75) is 38.3 Å². The number of hydrogen-bond donors (Lipinski definition) is 3. The minimum atomic E-state index is -0.163. The molecule has 4 nitrogen and oxygen atoms in total. The van der Waals surface area contributed by atoms with Crippen molar-refractivity contribution in [1.29, 1.82) is 0 Å². The molecular formula is C16H20N2O2. The van der Waals surface area contributed by atoms with Crippen molar-refractivity contribution in [3.63, 3.8) is 0 Å². The highest BCUT2D eigenvalue weighted by atomic mass is 16.2. The predicted octanol–water partition coefficient (Wildman–Crippen LogP) is 1.77. The van der Waals surface area contributed by atoms with Gasteiger partial charge < -0.3 is 15.7 Å². The van der Waals surface area contributed by atoms with Crippen LogP contribution in [0.15, 0.2) is 24.3 Å². The number of urea groups is 1. The molecule has 0 unspecified atom stereocenters. The van der Waals surface area contributed by atoms with E-state index in [1.54, 1.807) is 0 Å². The molecule has 0 aliphatic heterocycles. The first-order chi connectivity index (χ1) is 9.79. The van der Waals surface area contributed by atoms with Crippen molar-refractivity contribution >= 4 is 6.03 Å². The van der Waals surface area contributed by atoms with E-state index >= 15 is 0 Å². The number of carbonyl (C=O) groups is 1. The number of aliphatic hydroxyl groups excluding tert-OH is 1. The Bertz CT molecular complexity index is 511. The van der Waals surface area contributed by atoms with Crippen molar-refractivity contribution in [3.8, 4) is 11.8 Å². The van der Waals surface area contributed by atoms with E-state index in [-0.39, 0.29) is 12.6 Å². The van der Waals surface area contributed by atoms with Gasteiger partial charge in [-0.25, -0.2) is 4.79 Å². The smallest absolute Gasteiger partial charge is 0.315 e. The molecule has 2 rings (SSSR count). The van der Waals surface area contributed by atoms with Gasteiger partial charge in [-0.05, 0) is 24.5 Å². The average molecular weight is 272 g/mol. The van der Waals surface area contributed by atoms with Crippen LogP contribution in [-0.2, 0) is 6.54 Å². The molecule has 0 heterocycles.